The smallest absolute Gasteiger partial charge is 0.129 e. The fraction of sp³-hybridized carbons (Fsp3) is 0.154. The van der Waals surface area contributed by atoms with Gasteiger partial charge in [-0.2, -0.15) is 0 Å². The van der Waals surface area contributed by atoms with E-state index >= 15 is 0 Å². The van der Waals surface area contributed by atoms with E-state index in [2.05, 4.69) is 10.4 Å². The van der Waals surface area contributed by atoms with Gasteiger partial charge in [-0.25, -0.2) is 4.98 Å². The first-order chi connectivity index (χ1) is 9.10. The van der Waals surface area contributed by atoms with Crippen molar-refractivity contribution in [3.63, 3.8) is 0 Å². The van der Waals surface area contributed by atoms with Crippen LogP contribution < -0.4 is 11.3 Å². The summed E-state index contributed by atoms with van der Waals surface area (Å²) in [5, 5.41) is 1.72. The molecule has 6 heteroatoms. The molecule has 0 saturated carbocycles. The Morgan fingerprint density at radius 2 is 1.95 bits per heavy atom. The van der Waals surface area contributed by atoms with Gasteiger partial charge >= 0.3 is 0 Å². The molecule has 3 nitrogen and oxygen atoms in total. The predicted octanol–water partition coefficient (Wildman–Crippen LogP) is 3.79. The van der Waals surface area contributed by atoms with E-state index in [-0.39, 0.29) is 6.04 Å². The summed E-state index contributed by atoms with van der Waals surface area (Å²) in [7, 11) is 0. The topological polar surface area (TPSA) is 50.9 Å². The van der Waals surface area contributed by atoms with Crippen molar-refractivity contribution >= 4 is 34.8 Å². The molecule has 0 radical (unpaired) electrons. The molecule has 0 spiro atoms. The first kappa shape index (κ1) is 14.6. The third-order valence-electron chi connectivity index (χ3n) is 2.79. The SMILES string of the molecule is NNC(Cc1cc(Cl)ccc1Cl)c1ccnc(Cl)c1. The molecule has 1 heterocycles. The van der Waals surface area contributed by atoms with Crippen molar-refractivity contribution in [1.29, 1.82) is 0 Å². The van der Waals surface area contributed by atoms with Gasteiger partial charge in [-0.1, -0.05) is 34.8 Å². The van der Waals surface area contributed by atoms with Crippen LogP contribution in [0.5, 0.6) is 0 Å². The van der Waals surface area contributed by atoms with Crippen LogP contribution in [0, 0.1) is 0 Å². The molecule has 100 valence electrons. The van der Waals surface area contributed by atoms with E-state index in [0.29, 0.717) is 21.6 Å². The fourth-order valence-electron chi connectivity index (χ4n) is 1.83. The highest BCUT2D eigenvalue weighted by Gasteiger charge is 2.13. The van der Waals surface area contributed by atoms with Crippen molar-refractivity contribution in [3.05, 3.63) is 62.9 Å². The lowest BCUT2D eigenvalue weighted by Gasteiger charge is -2.17. The number of halogens is 3. The predicted molar refractivity (Wildman–Crippen MR) is 79.5 cm³/mol. The number of nitrogens with one attached hydrogen (secondary N) is 1. The Morgan fingerprint density at radius 1 is 1.16 bits per heavy atom. The average molecular weight is 317 g/mol. The summed E-state index contributed by atoms with van der Waals surface area (Å²) in [4.78, 5) is 3.94. The van der Waals surface area contributed by atoms with Crippen LogP contribution in [0.4, 0.5) is 0 Å². The van der Waals surface area contributed by atoms with Gasteiger partial charge in [0.05, 0.1) is 6.04 Å². The van der Waals surface area contributed by atoms with Crippen LogP contribution in [0.15, 0.2) is 36.5 Å². The third kappa shape index (κ3) is 3.81. The summed E-state index contributed by atoms with van der Waals surface area (Å²) in [6.07, 6.45) is 2.25. The highest BCUT2D eigenvalue weighted by Crippen LogP contribution is 2.26. The Labute approximate surface area is 126 Å². The van der Waals surface area contributed by atoms with Crippen LogP contribution in [0.1, 0.15) is 17.2 Å². The molecule has 0 bridgehead atoms. The summed E-state index contributed by atoms with van der Waals surface area (Å²) in [5.74, 6) is 5.60. The van der Waals surface area contributed by atoms with E-state index in [1.165, 1.54) is 0 Å². The number of hydrogen-bond acceptors (Lipinski definition) is 3. The second-order valence-corrected chi connectivity index (χ2v) is 5.30. The zero-order chi connectivity index (χ0) is 13.8. The lowest BCUT2D eigenvalue weighted by Crippen LogP contribution is -2.29. The van der Waals surface area contributed by atoms with E-state index in [0.717, 1.165) is 11.1 Å². The maximum absolute atomic E-state index is 6.15. The van der Waals surface area contributed by atoms with Gasteiger partial charge in [-0.15, -0.1) is 0 Å². The van der Waals surface area contributed by atoms with Crippen LogP contribution >= 0.6 is 34.8 Å². The minimum absolute atomic E-state index is 0.114. The maximum atomic E-state index is 6.15. The van der Waals surface area contributed by atoms with Crippen LogP contribution in [0.25, 0.3) is 0 Å². The third-order valence-corrected chi connectivity index (χ3v) is 3.60. The average Bonchev–Trinajstić information content (AvgIpc) is 2.39. The van der Waals surface area contributed by atoms with Gasteiger partial charge in [0.25, 0.3) is 0 Å². The van der Waals surface area contributed by atoms with Gasteiger partial charge in [0, 0.05) is 16.2 Å². The highest BCUT2D eigenvalue weighted by molar-refractivity contribution is 6.33. The van der Waals surface area contributed by atoms with Gasteiger partial charge in [0.2, 0.25) is 0 Å². The number of pyridine rings is 1. The Balaban J connectivity index is 2.26. The van der Waals surface area contributed by atoms with Crippen molar-refractivity contribution in [3.8, 4) is 0 Å². The van der Waals surface area contributed by atoms with Crippen molar-refractivity contribution in [1.82, 2.24) is 10.4 Å². The molecule has 1 aromatic carbocycles. The van der Waals surface area contributed by atoms with E-state index < -0.39 is 0 Å². The number of benzene rings is 1. The second-order valence-electron chi connectivity index (χ2n) is 4.07. The number of hydrazine groups is 1. The van der Waals surface area contributed by atoms with Gasteiger partial charge in [0.15, 0.2) is 0 Å². The number of rotatable bonds is 4. The molecule has 2 rings (SSSR count). The zero-order valence-corrected chi connectivity index (χ0v) is 12.2. The quantitative estimate of drug-likeness (QED) is 0.512. The standard InChI is InChI=1S/C13H12Cl3N3/c14-10-1-2-11(15)9(5-10)6-12(19-17)8-3-4-18-13(16)7-8/h1-5,7,12,19H,6,17H2. The molecular weight excluding hydrogens is 305 g/mol. The molecule has 1 atom stereocenters. The van der Waals surface area contributed by atoms with Gasteiger partial charge in [0.1, 0.15) is 5.15 Å². The Hall–Kier alpha value is -0.840. The highest BCUT2D eigenvalue weighted by atomic mass is 35.5. The summed E-state index contributed by atoms with van der Waals surface area (Å²) >= 11 is 18.0. The lowest BCUT2D eigenvalue weighted by molar-refractivity contribution is 0.551. The molecule has 0 fully saturated rings. The number of aromatic nitrogens is 1. The number of nitrogens with two attached hydrogens (primary N) is 1. The van der Waals surface area contributed by atoms with Gasteiger partial charge in [-0.3, -0.25) is 11.3 Å². The molecule has 2 aromatic rings. The zero-order valence-electron chi connectivity index (χ0n) is 9.91. The molecule has 0 saturated heterocycles. The summed E-state index contributed by atoms with van der Waals surface area (Å²) in [6.45, 7) is 0. The largest absolute Gasteiger partial charge is 0.271 e. The van der Waals surface area contributed by atoms with Crippen LogP contribution in [0.2, 0.25) is 15.2 Å². The molecule has 0 aliphatic rings. The number of hydrogen-bond donors (Lipinski definition) is 2. The Morgan fingerprint density at radius 3 is 2.63 bits per heavy atom. The second kappa shape index (κ2) is 6.55. The van der Waals surface area contributed by atoms with E-state index in [4.69, 9.17) is 40.6 Å². The van der Waals surface area contributed by atoms with Crippen molar-refractivity contribution in [2.24, 2.45) is 5.84 Å². The molecule has 0 amide bonds. The van der Waals surface area contributed by atoms with Gasteiger partial charge in [-0.05, 0) is 47.9 Å². The first-order valence-electron chi connectivity index (χ1n) is 5.61. The van der Waals surface area contributed by atoms with E-state index in [1.54, 1.807) is 24.4 Å². The first-order valence-corrected chi connectivity index (χ1v) is 6.75. The van der Waals surface area contributed by atoms with Crippen molar-refractivity contribution in [2.75, 3.05) is 0 Å². The lowest BCUT2D eigenvalue weighted by atomic mass is 10.0. The molecule has 1 unspecified atom stereocenters. The molecule has 0 aliphatic carbocycles. The minimum Gasteiger partial charge on any atom is -0.271 e. The van der Waals surface area contributed by atoms with Crippen molar-refractivity contribution < 1.29 is 0 Å². The Kier molecular flexibility index (Phi) is 5.02. The normalized spacial score (nSPS) is 12.4. The molecule has 3 N–H and O–H groups in total. The number of nitrogens with zero attached hydrogens (tertiary/aromatic N) is 1. The molecule has 0 aliphatic heterocycles. The van der Waals surface area contributed by atoms with E-state index in [1.807, 2.05) is 12.1 Å². The molecule has 1 aromatic heterocycles. The van der Waals surface area contributed by atoms with E-state index in [9.17, 15) is 0 Å². The monoisotopic (exact) mass is 315 g/mol. The van der Waals surface area contributed by atoms with Crippen LogP contribution in [-0.4, -0.2) is 4.98 Å². The summed E-state index contributed by atoms with van der Waals surface area (Å²) in [6, 6.07) is 8.86. The molecule has 19 heavy (non-hydrogen) atoms. The maximum Gasteiger partial charge on any atom is 0.129 e. The fourth-order valence-corrected chi connectivity index (χ4v) is 2.40. The van der Waals surface area contributed by atoms with Crippen LogP contribution in [-0.2, 0) is 6.42 Å². The van der Waals surface area contributed by atoms with Crippen molar-refractivity contribution in [2.45, 2.75) is 12.5 Å². The van der Waals surface area contributed by atoms with Gasteiger partial charge < -0.3 is 0 Å². The van der Waals surface area contributed by atoms with Crippen LogP contribution in [0.3, 0.4) is 0 Å². The molecular formula is C13H12Cl3N3. The Bertz CT molecular complexity index is 575. The summed E-state index contributed by atoms with van der Waals surface area (Å²) < 4.78 is 0. The summed E-state index contributed by atoms with van der Waals surface area (Å²) in [5.41, 5.74) is 4.62. The minimum atomic E-state index is -0.114.